The van der Waals surface area contributed by atoms with Gasteiger partial charge in [-0.05, 0) is 13.3 Å². The van der Waals surface area contributed by atoms with Crippen molar-refractivity contribution >= 4 is 21.6 Å². The van der Waals surface area contributed by atoms with Gasteiger partial charge in [-0.2, -0.15) is 0 Å². The summed E-state index contributed by atoms with van der Waals surface area (Å²) < 4.78 is 35.2. The Labute approximate surface area is 102 Å². The van der Waals surface area contributed by atoms with E-state index in [1.807, 2.05) is 6.92 Å². The summed E-state index contributed by atoms with van der Waals surface area (Å²) >= 11 is 5.41. The van der Waals surface area contributed by atoms with E-state index < -0.39 is 10.0 Å². The van der Waals surface area contributed by atoms with Gasteiger partial charge in [0.25, 0.3) is 0 Å². The lowest BCUT2D eigenvalue weighted by Gasteiger charge is -2.06. The van der Waals surface area contributed by atoms with Gasteiger partial charge in [0.1, 0.15) is 0 Å². The number of hydrogen-bond donors (Lipinski definition) is 1. The fourth-order valence-electron chi connectivity index (χ4n) is 0.944. The number of halogens is 1. The molecule has 0 aromatic heterocycles. The maximum atomic E-state index is 11.3. The van der Waals surface area contributed by atoms with Crippen molar-refractivity contribution in [1.29, 1.82) is 0 Å². The molecule has 0 radical (unpaired) electrons. The summed E-state index contributed by atoms with van der Waals surface area (Å²) in [6, 6.07) is 0. The van der Waals surface area contributed by atoms with Crippen molar-refractivity contribution < 1.29 is 17.9 Å². The predicted molar refractivity (Wildman–Crippen MR) is 64.4 cm³/mol. The highest BCUT2D eigenvalue weighted by molar-refractivity contribution is 7.89. The van der Waals surface area contributed by atoms with Crippen molar-refractivity contribution in [3.8, 4) is 0 Å². The fourth-order valence-corrected chi connectivity index (χ4v) is 1.99. The van der Waals surface area contributed by atoms with Gasteiger partial charge < -0.3 is 9.47 Å². The molecule has 16 heavy (non-hydrogen) atoms. The van der Waals surface area contributed by atoms with E-state index in [4.69, 9.17) is 21.1 Å². The summed E-state index contributed by atoms with van der Waals surface area (Å²) in [5.41, 5.74) is 0. The molecule has 0 spiro atoms. The van der Waals surface area contributed by atoms with Gasteiger partial charge in [0, 0.05) is 25.6 Å². The molecular formula is C9H20ClNO4S. The number of rotatable bonds is 11. The van der Waals surface area contributed by atoms with Crippen LogP contribution in [-0.2, 0) is 19.5 Å². The van der Waals surface area contributed by atoms with Crippen LogP contribution >= 0.6 is 11.6 Å². The Morgan fingerprint density at radius 2 is 1.94 bits per heavy atom. The number of sulfonamides is 1. The molecule has 0 bridgehead atoms. The van der Waals surface area contributed by atoms with Crippen LogP contribution in [-0.4, -0.2) is 53.0 Å². The van der Waals surface area contributed by atoms with E-state index in [2.05, 4.69) is 4.72 Å². The SMILES string of the molecule is CCOCCS(=O)(=O)NCCCOCCCl. The van der Waals surface area contributed by atoms with Crippen molar-refractivity contribution in [3.63, 3.8) is 0 Å². The number of ether oxygens (including phenoxy) is 2. The van der Waals surface area contributed by atoms with E-state index in [0.29, 0.717) is 38.7 Å². The molecule has 0 aromatic carbocycles. The summed E-state index contributed by atoms with van der Waals surface area (Å²) in [5, 5.41) is 0. The molecule has 0 amide bonds. The first-order valence-electron chi connectivity index (χ1n) is 5.31. The molecule has 0 aliphatic heterocycles. The highest BCUT2D eigenvalue weighted by Crippen LogP contribution is 1.88. The van der Waals surface area contributed by atoms with Crippen LogP contribution in [0.25, 0.3) is 0 Å². The maximum absolute atomic E-state index is 11.3. The van der Waals surface area contributed by atoms with Crippen molar-refractivity contribution in [2.24, 2.45) is 0 Å². The van der Waals surface area contributed by atoms with E-state index in [0.717, 1.165) is 0 Å². The van der Waals surface area contributed by atoms with Gasteiger partial charge in [0.15, 0.2) is 0 Å². The second-order valence-electron chi connectivity index (χ2n) is 3.07. The molecule has 5 nitrogen and oxygen atoms in total. The molecule has 0 saturated heterocycles. The number of alkyl halides is 1. The standard InChI is InChI=1S/C9H20ClNO4S/c1-2-14-8-9-16(12,13)11-5-3-6-15-7-4-10/h11H,2-9H2,1H3. The minimum atomic E-state index is -3.20. The molecule has 0 aliphatic rings. The number of nitrogens with one attached hydrogen (secondary N) is 1. The minimum Gasteiger partial charge on any atom is -0.381 e. The average Bonchev–Trinajstić information content (AvgIpc) is 2.23. The van der Waals surface area contributed by atoms with E-state index in [-0.39, 0.29) is 12.4 Å². The van der Waals surface area contributed by atoms with E-state index in [1.165, 1.54) is 0 Å². The van der Waals surface area contributed by atoms with Gasteiger partial charge in [0.2, 0.25) is 10.0 Å². The van der Waals surface area contributed by atoms with Crippen LogP contribution in [0, 0.1) is 0 Å². The Morgan fingerprint density at radius 1 is 1.19 bits per heavy atom. The molecule has 0 aliphatic carbocycles. The van der Waals surface area contributed by atoms with Gasteiger partial charge in [-0.1, -0.05) is 0 Å². The average molecular weight is 274 g/mol. The molecule has 1 N–H and O–H groups in total. The quantitative estimate of drug-likeness (QED) is 0.442. The second-order valence-corrected chi connectivity index (χ2v) is 5.37. The van der Waals surface area contributed by atoms with Crippen LogP contribution in [0.3, 0.4) is 0 Å². The molecule has 0 saturated carbocycles. The molecule has 0 fully saturated rings. The first-order valence-corrected chi connectivity index (χ1v) is 7.50. The van der Waals surface area contributed by atoms with Crippen molar-refractivity contribution in [2.75, 3.05) is 44.6 Å². The number of hydrogen-bond acceptors (Lipinski definition) is 4. The summed E-state index contributed by atoms with van der Waals surface area (Å²) in [4.78, 5) is 0. The van der Waals surface area contributed by atoms with Crippen molar-refractivity contribution in [3.05, 3.63) is 0 Å². The first-order chi connectivity index (χ1) is 7.62. The molecular weight excluding hydrogens is 254 g/mol. The lowest BCUT2D eigenvalue weighted by molar-refractivity contribution is 0.147. The lowest BCUT2D eigenvalue weighted by atomic mass is 10.5. The Bertz CT molecular complexity index is 246. The molecule has 0 rings (SSSR count). The third-order valence-corrected chi connectivity index (χ3v) is 3.21. The monoisotopic (exact) mass is 273 g/mol. The van der Waals surface area contributed by atoms with Crippen LogP contribution in [0.5, 0.6) is 0 Å². The summed E-state index contributed by atoms with van der Waals surface area (Å²) in [7, 11) is -3.20. The van der Waals surface area contributed by atoms with Crippen LogP contribution in [0.15, 0.2) is 0 Å². The van der Waals surface area contributed by atoms with E-state index in [9.17, 15) is 8.42 Å². The van der Waals surface area contributed by atoms with E-state index in [1.54, 1.807) is 0 Å². The molecule has 0 aromatic rings. The Hall–Kier alpha value is 0.120. The zero-order valence-electron chi connectivity index (χ0n) is 9.58. The van der Waals surface area contributed by atoms with Crippen LogP contribution in [0.1, 0.15) is 13.3 Å². The van der Waals surface area contributed by atoms with E-state index >= 15 is 0 Å². The molecule has 0 unspecified atom stereocenters. The van der Waals surface area contributed by atoms with Crippen LogP contribution in [0.4, 0.5) is 0 Å². The van der Waals surface area contributed by atoms with Gasteiger partial charge in [-0.3, -0.25) is 0 Å². The van der Waals surface area contributed by atoms with Crippen LogP contribution < -0.4 is 4.72 Å². The molecule has 7 heteroatoms. The largest absolute Gasteiger partial charge is 0.381 e. The smallest absolute Gasteiger partial charge is 0.213 e. The lowest BCUT2D eigenvalue weighted by Crippen LogP contribution is -2.29. The zero-order valence-corrected chi connectivity index (χ0v) is 11.1. The highest BCUT2D eigenvalue weighted by Gasteiger charge is 2.08. The summed E-state index contributed by atoms with van der Waals surface area (Å²) in [5.74, 6) is 0.462. The van der Waals surface area contributed by atoms with Gasteiger partial charge >= 0.3 is 0 Å². The van der Waals surface area contributed by atoms with Gasteiger partial charge in [-0.25, -0.2) is 13.1 Å². The normalized spacial score (nSPS) is 11.9. The third-order valence-electron chi connectivity index (χ3n) is 1.71. The summed E-state index contributed by atoms with van der Waals surface area (Å²) in [6.07, 6.45) is 0.644. The Balaban J connectivity index is 3.43. The molecule has 0 atom stereocenters. The van der Waals surface area contributed by atoms with Crippen LogP contribution in [0.2, 0.25) is 0 Å². The zero-order chi connectivity index (χ0) is 12.3. The predicted octanol–water partition coefficient (Wildman–Crippen LogP) is 0.588. The molecule has 0 heterocycles. The van der Waals surface area contributed by atoms with Crippen molar-refractivity contribution in [1.82, 2.24) is 4.72 Å². The highest BCUT2D eigenvalue weighted by atomic mass is 35.5. The fraction of sp³-hybridized carbons (Fsp3) is 1.00. The van der Waals surface area contributed by atoms with Gasteiger partial charge in [0.05, 0.1) is 19.0 Å². The second kappa shape index (κ2) is 10.3. The molecule has 98 valence electrons. The first kappa shape index (κ1) is 16.1. The summed E-state index contributed by atoms with van der Waals surface area (Å²) in [6.45, 7) is 3.99. The maximum Gasteiger partial charge on any atom is 0.213 e. The van der Waals surface area contributed by atoms with Gasteiger partial charge in [-0.15, -0.1) is 11.6 Å². The Morgan fingerprint density at radius 3 is 2.56 bits per heavy atom. The topological polar surface area (TPSA) is 64.6 Å². The third kappa shape index (κ3) is 10.6. The minimum absolute atomic E-state index is 0.00335. The van der Waals surface area contributed by atoms with Crippen molar-refractivity contribution in [2.45, 2.75) is 13.3 Å². The Kier molecular flexibility index (Phi) is 10.4.